The summed E-state index contributed by atoms with van der Waals surface area (Å²) in [6.07, 6.45) is 67.9. The van der Waals surface area contributed by atoms with Crippen molar-refractivity contribution in [1.29, 1.82) is 0 Å². The number of ether oxygens (including phenoxy) is 4. The first-order chi connectivity index (χ1) is 50.4. The van der Waals surface area contributed by atoms with Gasteiger partial charge in [-0.3, -0.25) is 37.3 Å². The molecule has 618 valence electrons. The highest BCUT2D eigenvalue weighted by molar-refractivity contribution is 7.47. The van der Waals surface area contributed by atoms with Gasteiger partial charge in [-0.2, -0.15) is 0 Å². The SMILES string of the molecule is CCCCCCCCCCCCCCCCCCC(=O)OC[C@H](COP(=O)(O)OC[C@@H](O)COP(=O)(O)OC[C@@H](COC(=O)CCCCCCCCCCCCCCC)OC(=O)CCCCCCCCCCCCC(C)C)OC(=O)CCCCCCCCCCCCCCCCCCCCC(C)CC. The second-order valence-corrected chi connectivity index (χ2v) is 34.2. The van der Waals surface area contributed by atoms with E-state index >= 15 is 0 Å². The number of carbonyl (C=O) groups is 4. The van der Waals surface area contributed by atoms with Crippen molar-refractivity contribution in [2.45, 2.75) is 471 Å². The summed E-state index contributed by atoms with van der Waals surface area (Å²) < 4.78 is 68.9. The number of phosphoric ester groups is 2. The zero-order valence-electron chi connectivity index (χ0n) is 68.3. The minimum absolute atomic E-state index is 0.107. The van der Waals surface area contributed by atoms with E-state index in [1.807, 2.05) is 0 Å². The second-order valence-electron chi connectivity index (χ2n) is 31.3. The monoisotopic (exact) mass is 1520 g/mol. The lowest BCUT2D eigenvalue weighted by atomic mass is 9.99. The molecule has 0 bridgehead atoms. The molecule has 0 rings (SSSR count). The molecule has 0 amide bonds. The van der Waals surface area contributed by atoms with Gasteiger partial charge in [-0.15, -0.1) is 0 Å². The molecule has 3 N–H and O–H groups in total. The first kappa shape index (κ1) is 102. The van der Waals surface area contributed by atoms with E-state index in [2.05, 4.69) is 41.5 Å². The molecule has 104 heavy (non-hydrogen) atoms. The van der Waals surface area contributed by atoms with Gasteiger partial charge in [-0.1, -0.05) is 401 Å². The van der Waals surface area contributed by atoms with E-state index in [1.165, 1.54) is 270 Å². The van der Waals surface area contributed by atoms with Gasteiger partial charge in [-0.25, -0.2) is 9.13 Å². The van der Waals surface area contributed by atoms with Crippen LogP contribution in [0.25, 0.3) is 0 Å². The summed E-state index contributed by atoms with van der Waals surface area (Å²) in [7, 11) is -9.93. The standard InChI is InChI=1S/C85H166O17P2/c1-7-10-12-14-16-18-20-22-23-29-33-37-44-50-56-62-68-83(88)96-73-80(101-84(89)69-63-57-51-45-38-34-30-27-25-24-26-28-32-35-42-48-54-60-66-78(6)9-3)75-99-103(91,92)97-71-79(86)72-98-104(93,94)100-76-81(102-85(90)70-64-58-52-46-40-39-41-47-53-59-65-77(4)5)74-95-82(87)67-61-55-49-43-36-31-21-19-17-15-13-11-8-2/h77-81,86H,7-76H2,1-6H3,(H,91,92)(H,93,94)/t78?,79-,80-,81-/m1/s1. The summed E-state index contributed by atoms with van der Waals surface area (Å²) in [5, 5.41) is 10.7. The molecule has 0 radical (unpaired) electrons. The highest BCUT2D eigenvalue weighted by Gasteiger charge is 2.30. The number of phosphoric acid groups is 2. The molecule has 0 aromatic rings. The summed E-state index contributed by atoms with van der Waals surface area (Å²) in [5.41, 5.74) is 0. The molecule has 19 heteroatoms. The first-order valence-corrected chi connectivity index (χ1v) is 47.0. The Hall–Kier alpha value is -1.94. The van der Waals surface area contributed by atoms with Gasteiger partial charge in [0.15, 0.2) is 12.2 Å². The first-order valence-electron chi connectivity index (χ1n) is 44.0. The number of rotatable bonds is 84. The van der Waals surface area contributed by atoms with Gasteiger partial charge in [-0.05, 0) is 37.5 Å². The zero-order chi connectivity index (χ0) is 76.4. The Labute approximate surface area is 638 Å². The van der Waals surface area contributed by atoms with E-state index in [1.54, 1.807) is 0 Å². The Morgan fingerprint density at radius 1 is 0.279 bits per heavy atom. The molecule has 0 aliphatic carbocycles. The van der Waals surface area contributed by atoms with Gasteiger partial charge >= 0.3 is 39.5 Å². The van der Waals surface area contributed by atoms with Crippen LogP contribution in [0.2, 0.25) is 0 Å². The van der Waals surface area contributed by atoms with E-state index in [0.29, 0.717) is 25.7 Å². The molecule has 0 spiro atoms. The third kappa shape index (κ3) is 76.8. The molecule has 6 atom stereocenters. The number of carbonyl (C=O) groups excluding carboxylic acids is 4. The Morgan fingerprint density at radius 3 is 0.731 bits per heavy atom. The number of esters is 4. The van der Waals surface area contributed by atoms with E-state index in [4.69, 9.17) is 37.0 Å². The van der Waals surface area contributed by atoms with Crippen molar-refractivity contribution in [3.05, 3.63) is 0 Å². The van der Waals surface area contributed by atoms with Gasteiger partial charge in [0.1, 0.15) is 19.3 Å². The molecule has 0 aromatic carbocycles. The number of hydrogen-bond acceptors (Lipinski definition) is 15. The normalized spacial score (nSPS) is 14.1. The highest BCUT2D eigenvalue weighted by atomic mass is 31.2. The quantitative estimate of drug-likeness (QED) is 0.0222. The van der Waals surface area contributed by atoms with E-state index in [0.717, 1.165) is 102 Å². The van der Waals surface area contributed by atoms with E-state index in [9.17, 15) is 43.2 Å². The van der Waals surface area contributed by atoms with Crippen LogP contribution in [-0.2, 0) is 65.4 Å². The van der Waals surface area contributed by atoms with Crippen molar-refractivity contribution < 1.29 is 80.2 Å². The Morgan fingerprint density at radius 2 is 0.490 bits per heavy atom. The lowest BCUT2D eigenvalue weighted by Gasteiger charge is -2.21. The number of aliphatic hydroxyl groups is 1. The van der Waals surface area contributed by atoms with Crippen molar-refractivity contribution >= 4 is 39.5 Å². The van der Waals surface area contributed by atoms with Gasteiger partial charge < -0.3 is 33.8 Å². The van der Waals surface area contributed by atoms with Crippen molar-refractivity contribution in [2.75, 3.05) is 39.6 Å². The number of unbranched alkanes of at least 4 members (excludes halogenated alkanes) is 53. The van der Waals surface area contributed by atoms with Crippen molar-refractivity contribution in [2.24, 2.45) is 11.8 Å². The van der Waals surface area contributed by atoms with Gasteiger partial charge in [0, 0.05) is 25.7 Å². The predicted molar refractivity (Wildman–Crippen MR) is 428 cm³/mol. The average molecular weight is 1520 g/mol. The predicted octanol–water partition coefficient (Wildman–Crippen LogP) is 25.8. The Kier molecular flexibility index (Phi) is 75.0. The molecule has 0 aromatic heterocycles. The molecule has 0 aliphatic rings. The smallest absolute Gasteiger partial charge is 0.462 e. The van der Waals surface area contributed by atoms with Gasteiger partial charge in [0.25, 0.3) is 0 Å². The third-order valence-corrected chi connectivity index (χ3v) is 22.2. The van der Waals surface area contributed by atoms with Crippen LogP contribution in [0.5, 0.6) is 0 Å². The summed E-state index contributed by atoms with van der Waals surface area (Å²) in [5.74, 6) is -0.479. The molecule has 0 heterocycles. The van der Waals surface area contributed by atoms with Crippen LogP contribution in [0.3, 0.4) is 0 Å². The van der Waals surface area contributed by atoms with Crippen LogP contribution >= 0.6 is 15.6 Å². The Bertz CT molecular complexity index is 2000. The summed E-state index contributed by atoms with van der Waals surface area (Å²) in [4.78, 5) is 73.2. The van der Waals surface area contributed by atoms with Crippen LogP contribution in [-0.4, -0.2) is 96.7 Å². The topological polar surface area (TPSA) is 237 Å². The van der Waals surface area contributed by atoms with Crippen LogP contribution in [0.1, 0.15) is 452 Å². The minimum atomic E-state index is -4.96. The second kappa shape index (κ2) is 76.4. The molecule has 3 unspecified atom stereocenters. The maximum Gasteiger partial charge on any atom is 0.472 e. The van der Waals surface area contributed by atoms with Crippen molar-refractivity contribution in [3.8, 4) is 0 Å². The molecular formula is C85H166O17P2. The van der Waals surface area contributed by atoms with Crippen LogP contribution in [0.4, 0.5) is 0 Å². The zero-order valence-corrected chi connectivity index (χ0v) is 70.1. The van der Waals surface area contributed by atoms with E-state index < -0.39 is 97.5 Å². The molecule has 0 fully saturated rings. The van der Waals surface area contributed by atoms with Crippen LogP contribution < -0.4 is 0 Å². The van der Waals surface area contributed by atoms with Crippen molar-refractivity contribution in [1.82, 2.24) is 0 Å². The van der Waals surface area contributed by atoms with Gasteiger partial charge in [0.05, 0.1) is 26.4 Å². The molecule has 0 saturated carbocycles. The fourth-order valence-electron chi connectivity index (χ4n) is 13.2. The average Bonchev–Trinajstić information content (AvgIpc) is 0.905. The molecular weight excluding hydrogens is 1350 g/mol. The van der Waals surface area contributed by atoms with Crippen molar-refractivity contribution in [3.63, 3.8) is 0 Å². The number of aliphatic hydroxyl groups excluding tert-OH is 1. The molecule has 0 aliphatic heterocycles. The third-order valence-electron chi connectivity index (χ3n) is 20.3. The minimum Gasteiger partial charge on any atom is -0.462 e. The molecule has 17 nitrogen and oxygen atoms in total. The fraction of sp³-hybridized carbons (Fsp3) is 0.953. The van der Waals surface area contributed by atoms with E-state index in [-0.39, 0.29) is 25.7 Å². The number of hydrogen-bond donors (Lipinski definition) is 3. The summed E-state index contributed by atoms with van der Waals surface area (Å²) in [6.45, 7) is 9.73. The Balaban J connectivity index is 5.24. The maximum absolute atomic E-state index is 13.1. The highest BCUT2D eigenvalue weighted by Crippen LogP contribution is 2.45. The fourth-order valence-corrected chi connectivity index (χ4v) is 14.8. The molecule has 0 saturated heterocycles. The summed E-state index contributed by atoms with van der Waals surface area (Å²) in [6, 6.07) is 0. The maximum atomic E-state index is 13.1. The largest absolute Gasteiger partial charge is 0.472 e. The lowest BCUT2D eigenvalue weighted by molar-refractivity contribution is -0.161. The van der Waals surface area contributed by atoms with Gasteiger partial charge in [0.2, 0.25) is 0 Å². The lowest BCUT2D eigenvalue weighted by Crippen LogP contribution is -2.30. The summed E-state index contributed by atoms with van der Waals surface area (Å²) >= 11 is 0. The van der Waals surface area contributed by atoms with Crippen LogP contribution in [0.15, 0.2) is 0 Å². The van der Waals surface area contributed by atoms with Crippen LogP contribution in [0, 0.1) is 11.8 Å².